The van der Waals surface area contributed by atoms with Crippen LogP contribution >= 0.6 is 0 Å². The molecule has 0 bridgehead atoms. The van der Waals surface area contributed by atoms with Crippen LogP contribution in [0.5, 0.6) is 0 Å². The summed E-state index contributed by atoms with van der Waals surface area (Å²) in [5, 5.41) is 14.1. The average molecular weight is 255 g/mol. The Morgan fingerprint density at radius 1 is 1.44 bits per heavy atom. The Balaban J connectivity index is 2.61. The summed E-state index contributed by atoms with van der Waals surface area (Å²) in [4.78, 5) is 26.0. The van der Waals surface area contributed by atoms with Crippen LogP contribution in [0, 0.1) is 0 Å². The summed E-state index contributed by atoms with van der Waals surface area (Å²) in [6.45, 7) is 7.23. The number of aromatic carboxylic acids is 1. The molecule has 0 aliphatic heterocycles. The van der Waals surface area contributed by atoms with Gasteiger partial charge in [-0.1, -0.05) is 0 Å². The molecule has 18 heavy (non-hydrogen) atoms. The fourth-order valence-electron chi connectivity index (χ4n) is 1.17. The van der Waals surface area contributed by atoms with E-state index in [9.17, 15) is 9.59 Å². The Hall–Kier alpha value is -2.05. The minimum atomic E-state index is -1.18. The van der Waals surface area contributed by atoms with Crippen LogP contribution in [0.25, 0.3) is 0 Å². The molecule has 1 heterocycles. The number of carboxylic acids is 1. The van der Waals surface area contributed by atoms with Gasteiger partial charge in [0.15, 0.2) is 5.69 Å². The average Bonchev–Trinajstić information content (AvgIpc) is 2.63. The smallest absolute Gasteiger partial charge is 0.357 e. The highest BCUT2D eigenvalue weighted by Crippen LogP contribution is 2.09. The number of nitrogens with zero attached hydrogens (tertiary/aromatic N) is 1. The standard InChI is InChI=1S/C11H17N3O4/c1-6(8(15)14-11(2,3)4)12-10-13-7(5-18-10)9(16)17/h5-6H,1-4H3,(H,12,13)(H,14,15)(H,16,17). The first kappa shape index (κ1) is 14.0. The molecule has 3 N–H and O–H groups in total. The van der Waals surface area contributed by atoms with Gasteiger partial charge in [0, 0.05) is 5.54 Å². The zero-order valence-corrected chi connectivity index (χ0v) is 10.8. The normalized spacial score (nSPS) is 12.9. The molecule has 1 aromatic heterocycles. The number of nitrogens with one attached hydrogen (secondary N) is 2. The lowest BCUT2D eigenvalue weighted by Gasteiger charge is -2.23. The SMILES string of the molecule is CC(Nc1nc(C(=O)O)co1)C(=O)NC(C)(C)C. The summed E-state index contributed by atoms with van der Waals surface area (Å²) in [5.74, 6) is -1.41. The first-order chi connectivity index (χ1) is 8.19. The van der Waals surface area contributed by atoms with Crippen LogP contribution in [0.4, 0.5) is 6.01 Å². The number of carboxylic acid groups (broad SMARTS) is 1. The minimum Gasteiger partial charge on any atom is -0.476 e. The number of hydrogen-bond donors (Lipinski definition) is 3. The molecule has 0 radical (unpaired) electrons. The molecule has 0 fully saturated rings. The molecule has 100 valence electrons. The van der Waals surface area contributed by atoms with Gasteiger partial charge in [-0.2, -0.15) is 4.98 Å². The van der Waals surface area contributed by atoms with E-state index in [0.717, 1.165) is 6.26 Å². The van der Waals surface area contributed by atoms with Crippen molar-refractivity contribution < 1.29 is 19.1 Å². The van der Waals surface area contributed by atoms with Gasteiger partial charge < -0.3 is 20.2 Å². The van der Waals surface area contributed by atoms with E-state index in [4.69, 9.17) is 9.52 Å². The molecule has 1 unspecified atom stereocenters. The minimum absolute atomic E-state index is 0.00367. The van der Waals surface area contributed by atoms with Crippen LogP contribution in [0.2, 0.25) is 0 Å². The summed E-state index contributed by atoms with van der Waals surface area (Å²) in [5.41, 5.74) is -0.545. The highest BCUT2D eigenvalue weighted by Gasteiger charge is 2.21. The summed E-state index contributed by atoms with van der Waals surface area (Å²) in [6, 6.07) is -0.575. The Kier molecular flexibility index (Phi) is 3.95. The molecule has 1 atom stereocenters. The quantitative estimate of drug-likeness (QED) is 0.743. The van der Waals surface area contributed by atoms with Crippen LogP contribution in [-0.4, -0.2) is 33.5 Å². The van der Waals surface area contributed by atoms with E-state index in [2.05, 4.69) is 15.6 Å². The third-order valence-electron chi connectivity index (χ3n) is 1.95. The first-order valence-corrected chi connectivity index (χ1v) is 5.46. The number of hydrogen-bond acceptors (Lipinski definition) is 5. The van der Waals surface area contributed by atoms with Crippen molar-refractivity contribution in [3.63, 3.8) is 0 Å². The van der Waals surface area contributed by atoms with Crippen LogP contribution < -0.4 is 10.6 Å². The number of carbonyl (C=O) groups is 2. The molecule has 0 spiro atoms. The Morgan fingerprint density at radius 3 is 2.50 bits per heavy atom. The monoisotopic (exact) mass is 255 g/mol. The van der Waals surface area contributed by atoms with E-state index in [1.807, 2.05) is 20.8 Å². The molecular weight excluding hydrogens is 238 g/mol. The van der Waals surface area contributed by atoms with Gasteiger partial charge in [0.05, 0.1) is 0 Å². The second-order valence-electron chi connectivity index (χ2n) is 4.95. The number of carbonyl (C=O) groups excluding carboxylic acids is 1. The molecule has 1 amide bonds. The number of rotatable bonds is 4. The lowest BCUT2D eigenvalue weighted by molar-refractivity contribution is -0.122. The van der Waals surface area contributed by atoms with E-state index >= 15 is 0 Å². The topological polar surface area (TPSA) is 104 Å². The van der Waals surface area contributed by atoms with Crippen LogP contribution in [-0.2, 0) is 4.79 Å². The van der Waals surface area contributed by atoms with Crippen molar-refractivity contribution in [3.8, 4) is 0 Å². The highest BCUT2D eigenvalue weighted by atomic mass is 16.4. The third-order valence-corrected chi connectivity index (χ3v) is 1.95. The van der Waals surface area contributed by atoms with Crippen molar-refractivity contribution in [2.45, 2.75) is 39.3 Å². The lowest BCUT2D eigenvalue weighted by atomic mass is 10.1. The molecule has 0 saturated heterocycles. The van der Waals surface area contributed by atoms with E-state index in [1.165, 1.54) is 0 Å². The van der Waals surface area contributed by atoms with Gasteiger partial charge in [0.2, 0.25) is 5.91 Å². The van der Waals surface area contributed by atoms with Crippen LogP contribution in [0.1, 0.15) is 38.2 Å². The summed E-state index contributed by atoms with van der Waals surface area (Å²) < 4.78 is 4.89. The summed E-state index contributed by atoms with van der Waals surface area (Å²) in [6.07, 6.45) is 1.01. The van der Waals surface area contributed by atoms with Gasteiger partial charge in [-0.15, -0.1) is 0 Å². The number of oxazole rings is 1. The Morgan fingerprint density at radius 2 is 2.06 bits per heavy atom. The van der Waals surface area contributed by atoms with Crippen molar-refractivity contribution >= 4 is 17.9 Å². The van der Waals surface area contributed by atoms with Crippen LogP contribution in [0.15, 0.2) is 10.7 Å². The van der Waals surface area contributed by atoms with Gasteiger partial charge in [0.25, 0.3) is 6.01 Å². The highest BCUT2D eigenvalue weighted by molar-refractivity contribution is 5.86. The molecule has 0 aliphatic carbocycles. The summed E-state index contributed by atoms with van der Waals surface area (Å²) >= 11 is 0. The predicted molar refractivity (Wildman–Crippen MR) is 64.4 cm³/mol. The molecule has 0 saturated carbocycles. The summed E-state index contributed by atoms with van der Waals surface area (Å²) in [7, 11) is 0. The Labute approximate surface area is 105 Å². The second kappa shape index (κ2) is 5.07. The third kappa shape index (κ3) is 4.08. The van der Waals surface area contributed by atoms with Gasteiger partial charge >= 0.3 is 5.97 Å². The van der Waals surface area contributed by atoms with Gasteiger partial charge in [-0.05, 0) is 27.7 Å². The maximum Gasteiger partial charge on any atom is 0.357 e. The maximum absolute atomic E-state index is 11.7. The first-order valence-electron chi connectivity index (χ1n) is 5.46. The van der Waals surface area contributed by atoms with Crippen molar-refractivity contribution in [2.24, 2.45) is 0 Å². The van der Waals surface area contributed by atoms with Crippen molar-refractivity contribution in [2.75, 3.05) is 5.32 Å². The maximum atomic E-state index is 11.7. The van der Waals surface area contributed by atoms with Crippen molar-refractivity contribution in [3.05, 3.63) is 12.0 Å². The number of aromatic nitrogens is 1. The second-order valence-corrected chi connectivity index (χ2v) is 4.95. The molecule has 0 aromatic carbocycles. The van der Waals surface area contributed by atoms with Crippen LogP contribution in [0.3, 0.4) is 0 Å². The van der Waals surface area contributed by atoms with Gasteiger partial charge in [-0.25, -0.2) is 4.79 Å². The molecule has 7 nitrogen and oxygen atoms in total. The molecule has 1 rings (SSSR count). The van der Waals surface area contributed by atoms with Gasteiger partial charge in [0.1, 0.15) is 12.3 Å². The van der Waals surface area contributed by atoms with Crippen molar-refractivity contribution in [1.29, 1.82) is 0 Å². The van der Waals surface area contributed by atoms with E-state index in [0.29, 0.717) is 0 Å². The Bertz CT molecular complexity index is 447. The fraction of sp³-hybridized carbons (Fsp3) is 0.545. The molecule has 0 aliphatic rings. The van der Waals surface area contributed by atoms with Crippen molar-refractivity contribution in [1.82, 2.24) is 10.3 Å². The molecule has 7 heteroatoms. The molecular formula is C11H17N3O4. The van der Waals surface area contributed by atoms with Gasteiger partial charge in [-0.3, -0.25) is 4.79 Å². The number of amides is 1. The van der Waals surface area contributed by atoms with E-state index < -0.39 is 12.0 Å². The van der Waals surface area contributed by atoms with E-state index in [1.54, 1.807) is 6.92 Å². The molecule has 1 aromatic rings. The predicted octanol–water partition coefficient (Wildman–Crippen LogP) is 1.09. The zero-order valence-electron chi connectivity index (χ0n) is 10.8. The largest absolute Gasteiger partial charge is 0.476 e. The zero-order chi connectivity index (χ0) is 13.9. The number of anilines is 1. The van der Waals surface area contributed by atoms with E-state index in [-0.39, 0.29) is 23.2 Å². The fourth-order valence-corrected chi connectivity index (χ4v) is 1.17. The lowest BCUT2D eigenvalue weighted by Crippen LogP contribution is -2.47.